The third kappa shape index (κ3) is 52.1. The maximum Gasteiger partial charge on any atom is 0.306 e. The molecule has 0 heterocycles. The number of hydrogen-bond acceptors (Lipinski definition) is 6. The summed E-state index contributed by atoms with van der Waals surface area (Å²) in [6, 6.07) is 0. The van der Waals surface area contributed by atoms with Gasteiger partial charge in [0.1, 0.15) is 13.2 Å². The molecule has 6 nitrogen and oxygen atoms in total. The van der Waals surface area contributed by atoms with Crippen LogP contribution in [0.15, 0.2) is 60.8 Å². The van der Waals surface area contributed by atoms with E-state index in [0.717, 1.165) is 103 Å². The summed E-state index contributed by atoms with van der Waals surface area (Å²) in [6.07, 6.45) is 68.3. The van der Waals surface area contributed by atoms with Crippen LogP contribution in [0.2, 0.25) is 0 Å². The molecule has 6 heteroatoms. The zero-order chi connectivity index (χ0) is 47.9. The smallest absolute Gasteiger partial charge is 0.306 e. The quantitative estimate of drug-likeness (QED) is 0.0262. The van der Waals surface area contributed by atoms with E-state index in [1.165, 1.54) is 141 Å². The first-order valence-corrected chi connectivity index (χ1v) is 28.3. The van der Waals surface area contributed by atoms with Gasteiger partial charge in [-0.15, -0.1) is 0 Å². The molecule has 382 valence electrons. The Morgan fingerprint density at radius 3 is 0.924 bits per heavy atom. The van der Waals surface area contributed by atoms with Crippen molar-refractivity contribution in [3.05, 3.63) is 60.8 Å². The lowest BCUT2D eigenvalue weighted by Gasteiger charge is -2.18. The largest absolute Gasteiger partial charge is 0.462 e. The van der Waals surface area contributed by atoms with E-state index in [2.05, 4.69) is 81.5 Å². The number of ether oxygens (including phenoxy) is 3. The molecule has 0 aliphatic carbocycles. The first-order valence-electron chi connectivity index (χ1n) is 28.3. The van der Waals surface area contributed by atoms with Gasteiger partial charge in [0.25, 0.3) is 0 Å². The topological polar surface area (TPSA) is 78.9 Å². The second kappa shape index (κ2) is 54.7. The number of carbonyl (C=O) groups is 3. The van der Waals surface area contributed by atoms with Crippen LogP contribution >= 0.6 is 0 Å². The van der Waals surface area contributed by atoms with E-state index >= 15 is 0 Å². The first kappa shape index (κ1) is 63.1. The Hall–Kier alpha value is -2.89. The molecule has 0 aliphatic rings. The summed E-state index contributed by atoms with van der Waals surface area (Å²) in [6.45, 7) is 6.46. The minimum Gasteiger partial charge on any atom is -0.462 e. The van der Waals surface area contributed by atoms with Crippen LogP contribution in [0, 0.1) is 0 Å². The lowest BCUT2D eigenvalue weighted by molar-refractivity contribution is -0.167. The van der Waals surface area contributed by atoms with Gasteiger partial charge in [0.05, 0.1) is 0 Å². The van der Waals surface area contributed by atoms with E-state index in [1.807, 2.05) is 0 Å². The average Bonchev–Trinajstić information content (AvgIpc) is 3.31. The normalized spacial score (nSPS) is 12.5. The fourth-order valence-electron chi connectivity index (χ4n) is 8.06. The fourth-order valence-corrected chi connectivity index (χ4v) is 8.06. The van der Waals surface area contributed by atoms with Gasteiger partial charge in [-0.05, 0) is 64.2 Å². The van der Waals surface area contributed by atoms with Crippen LogP contribution in [-0.2, 0) is 28.6 Å². The summed E-state index contributed by atoms with van der Waals surface area (Å²) < 4.78 is 16.7. The van der Waals surface area contributed by atoms with Crippen LogP contribution in [0.5, 0.6) is 0 Å². The van der Waals surface area contributed by atoms with Crippen molar-refractivity contribution in [3.63, 3.8) is 0 Å². The Labute approximate surface area is 409 Å². The summed E-state index contributed by atoms with van der Waals surface area (Å²) in [4.78, 5) is 37.8. The second-order valence-corrected chi connectivity index (χ2v) is 18.8. The van der Waals surface area contributed by atoms with Gasteiger partial charge in [0.15, 0.2) is 6.10 Å². The zero-order valence-corrected chi connectivity index (χ0v) is 43.7. The maximum atomic E-state index is 12.8. The number of rotatable bonds is 51. The molecule has 0 saturated heterocycles. The van der Waals surface area contributed by atoms with Crippen LogP contribution in [0.3, 0.4) is 0 Å². The maximum absolute atomic E-state index is 12.8. The molecule has 0 aromatic heterocycles. The summed E-state index contributed by atoms with van der Waals surface area (Å²) in [7, 11) is 0. The van der Waals surface area contributed by atoms with Gasteiger partial charge < -0.3 is 14.2 Å². The lowest BCUT2D eigenvalue weighted by atomic mass is 10.0. The predicted molar refractivity (Wildman–Crippen MR) is 284 cm³/mol. The molecule has 0 aliphatic heterocycles. The van der Waals surface area contributed by atoms with Crippen molar-refractivity contribution in [1.82, 2.24) is 0 Å². The highest BCUT2D eigenvalue weighted by molar-refractivity contribution is 5.71. The molecule has 0 amide bonds. The number of allylic oxidation sites excluding steroid dienone is 10. The van der Waals surface area contributed by atoms with Gasteiger partial charge in [-0.2, -0.15) is 0 Å². The standard InChI is InChI=1S/C60H106O6/c1-4-7-10-13-15-17-19-21-23-25-27-29-30-31-33-34-36-38-40-42-44-47-50-53-59(62)65-56-57(55-64-58(61)52-49-46-12-9-6-3)66-60(63)54-51-48-45-43-41-39-37-35-32-28-26-24-22-20-18-16-14-11-8-5-2/h7,10,15,17,21,23,27,29,31,33,57H,4-6,8-9,11-14,16,18-20,22,24-26,28,30,32,34-56H2,1-3H3/b10-7-,17-15-,23-21-,29-27-,33-31-. The predicted octanol–water partition coefficient (Wildman–Crippen LogP) is 18.8. The molecule has 0 bridgehead atoms. The van der Waals surface area contributed by atoms with Gasteiger partial charge in [-0.3, -0.25) is 14.4 Å². The average molecular weight is 924 g/mol. The van der Waals surface area contributed by atoms with Crippen molar-refractivity contribution in [2.45, 2.75) is 290 Å². The highest BCUT2D eigenvalue weighted by Gasteiger charge is 2.19. The number of unbranched alkanes of at least 4 members (excludes halogenated alkanes) is 30. The highest BCUT2D eigenvalue weighted by atomic mass is 16.6. The van der Waals surface area contributed by atoms with Gasteiger partial charge in [0.2, 0.25) is 0 Å². The van der Waals surface area contributed by atoms with Crippen molar-refractivity contribution >= 4 is 17.9 Å². The van der Waals surface area contributed by atoms with Crippen molar-refractivity contribution < 1.29 is 28.6 Å². The molecule has 0 aromatic carbocycles. The Kier molecular flexibility index (Phi) is 52.3. The summed E-state index contributed by atoms with van der Waals surface area (Å²) >= 11 is 0. The Balaban J connectivity index is 4.11. The third-order valence-corrected chi connectivity index (χ3v) is 12.3. The van der Waals surface area contributed by atoms with Gasteiger partial charge in [-0.1, -0.05) is 261 Å². The minimum atomic E-state index is -0.773. The molecule has 0 saturated carbocycles. The number of esters is 3. The van der Waals surface area contributed by atoms with Crippen LogP contribution in [0.1, 0.15) is 284 Å². The third-order valence-electron chi connectivity index (χ3n) is 12.3. The van der Waals surface area contributed by atoms with E-state index in [4.69, 9.17) is 14.2 Å². The molecule has 66 heavy (non-hydrogen) atoms. The van der Waals surface area contributed by atoms with Gasteiger partial charge in [-0.25, -0.2) is 0 Å². The molecule has 0 N–H and O–H groups in total. The van der Waals surface area contributed by atoms with Crippen molar-refractivity contribution in [1.29, 1.82) is 0 Å². The summed E-state index contributed by atoms with van der Waals surface area (Å²) in [5.74, 6) is -0.890. The Morgan fingerprint density at radius 1 is 0.318 bits per heavy atom. The fraction of sp³-hybridized carbons (Fsp3) is 0.783. The lowest BCUT2D eigenvalue weighted by Crippen LogP contribution is -2.30. The van der Waals surface area contributed by atoms with Crippen molar-refractivity contribution in [3.8, 4) is 0 Å². The first-order chi connectivity index (χ1) is 32.5. The van der Waals surface area contributed by atoms with E-state index in [0.29, 0.717) is 19.3 Å². The van der Waals surface area contributed by atoms with Crippen LogP contribution in [-0.4, -0.2) is 37.2 Å². The number of carbonyl (C=O) groups excluding carboxylic acids is 3. The van der Waals surface area contributed by atoms with Crippen molar-refractivity contribution in [2.75, 3.05) is 13.2 Å². The van der Waals surface area contributed by atoms with E-state index in [-0.39, 0.29) is 31.1 Å². The molecule has 0 aromatic rings. The van der Waals surface area contributed by atoms with Crippen LogP contribution in [0.4, 0.5) is 0 Å². The van der Waals surface area contributed by atoms with Gasteiger partial charge in [0, 0.05) is 19.3 Å². The molecular weight excluding hydrogens is 817 g/mol. The Morgan fingerprint density at radius 2 is 0.591 bits per heavy atom. The Bertz CT molecular complexity index is 1200. The van der Waals surface area contributed by atoms with E-state index in [9.17, 15) is 14.4 Å². The summed E-state index contributed by atoms with van der Waals surface area (Å²) in [5.41, 5.74) is 0. The number of hydrogen-bond donors (Lipinski definition) is 0. The molecule has 0 fully saturated rings. The van der Waals surface area contributed by atoms with E-state index in [1.54, 1.807) is 0 Å². The second-order valence-electron chi connectivity index (χ2n) is 18.8. The molecule has 0 spiro atoms. The zero-order valence-electron chi connectivity index (χ0n) is 43.7. The van der Waals surface area contributed by atoms with Crippen molar-refractivity contribution in [2.24, 2.45) is 0 Å². The molecular formula is C60H106O6. The minimum absolute atomic E-state index is 0.0762. The highest BCUT2D eigenvalue weighted by Crippen LogP contribution is 2.16. The summed E-state index contributed by atoms with van der Waals surface area (Å²) in [5, 5.41) is 0. The molecule has 0 radical (unpaired) electrons. The molecule has 0 rings (SSSR count). The molecule has 1 unspecified atom stereocenters. The van der Waals surface area contributed by atoms with E-state index < -0.39 is 6.10 Å². The SMILES string of the molecule is CC/C=C\C/C=C\C/C=C\C/C=C\C/C=C\CCCCCCCCCC(=O)OCC(COC(=O)CCCCCCC)OC(=O)CCCCCCCCCCCCCCCCCCCCCC. The van der Waals surface area contributed by atoms with Gasteiger partial charge >= 0.3 is 17.9 Å². The van der Waals surface area contributed by atoms with Crippen LogP contribution in [0.25, 0.3) is 0 Å². The molecule has 1 atom stereocenters. The van der Waals surface area contributed by atoms with Crippen LogP contribution < -0.4 is 0 Å². The monoisotopic (exact) mass is 923 g/mol.